The summed E-state index contributed by atoms with van der Waals surface area (Å²) >= 11 is 0. The van der Waals surface area contributed by atoms with Crippen LogP contribution in [0.25, 0.3) is 0 Å². The van der Waals surface area contributed by atoms with Gasteiger partial charge in [-0.2, -0.15) is 5.10 Å². The van der Waals surface area contributed by atoms with Crippen LogP contribution in [0.1, 0.15) is 45.1 Å². The first-order chi connectivity index (χ1) is 13.1. The lowest BCUT2D eigenvalue weighted by Crippen LogP contribution is -2.48. The molecule has 2 amide bonds. The number of anilines is 2. The Kier molecular flexibility index (Phi) is 4.83. The van der Waals surface area contributed by atoms with Crippen LogP contribution in [0.4, 0.5) is 11.5 Å². The van der Waals surface area contributed by atoms with Crippen molar-refractivity contribution in [1.29, 1.82) is 0 Å². The van der Waals surface area contributed by atoms with Gasteiger partial charge in [-0.15, -0.1) is 0 Å². The lowest BCUT2D eigenvalue weighted by molar-refractivity contribution is -0.123. The zero-order valence-corrected chi connectivity index (χ0v) is 15.4. The summed E-state index contributed by atoms with van der Waals surface area (Å²) in [5.41, 5.74) is 0.696. The van der Waals surface area contributed by atoms with E-state index in [4.69, 9.17) is 4.74 Å². The molecule has 0 unspecified atom stereocenters. The number of amides is 2. The molecule has 0 radical (unpaired) electrons. The van der Waals surface area contributed by atoms with E-state index in [9.17, 15) is 9.59 Å². The number of ether oxygens (including phenoxy) is 1. The molecule has 142 valence electrons. The normalized spacial score (nSPS) is 19.9. The van der Waals surface area contributed by atoms with Crippen LogP contribution in [0.5, 0.6) is 5.75 Å². The fraction of sp³-hybridized carbons (Fsp3) is 0.450. The second-order valence-corrected chi connectivity index (χ2v) is 7.15. The van der Waals surface area contributed by atoms with Crippen LogP contribution >= 0.6 is 0 Å². The molecule has 7 heteroatoms. The Morgan fingerprint density at radius 1 is 1.15 bits per heavy atom. The number of nitrogens with one attached hydrogen (secondary N) is 1. The van der Waals surface area contributed by atoms with Crippen LogP contribution in [0.3, 0.4) is 0 Å². The van der Waals surface area contributed by atoms with Gasteiger partial charge >= 0.3 is 0 Å². The average Bonchev–Trinajstić information content (AvgIpc) is 3.15. The molecule has 0 saturated heterocycles. The van der Waals surface area contributed by atoms with E-state index in [-0.39, 0.29) is 18.4 Å². The van der Waals surface area contributed by atoms with E-state index in [1.54, 1.807) is 17.2 Å². The number of hydrogen-bond acceptors (Lipinski definition) is 4. The highest BCUT2D eigenvalue weighted by atomic mass is 16.5. The SMILES string of the molecule is CC(=O)N1C[C@H](C(=O)Nc2ccnn2C2CCCCC2)Oc2ccccc21. The van der Waals surface area contributed by atoms with Gasteiger partial charge < -0.3 is 15.0 Å². The zero-order valence-electron chi connectivity index (χ0n) is 15.4. The second-order valence-electron chi connectivity index (χ2n) is 7.15. The first-order valence-electron chi connectivity index (χ1n) is 9.51. The fourth-order valence-corrected chi connectivity index (χ4v) is 3.91. The van der Waals surface area contributed by atoms with Gasteiger partial charge in [-0.25, -0.2) is 4.68 Å². The number of aromatic nitrogens is 2. The number of rotatable bonds is 3. The Morgan fingerprint density at radius 3 is 2.70 bits per heavy atom. The first-order valence-corrected chi connectivity index (χ1v) is 9.51. The Morgan fingerprint density at radius 2 is 1.93 bits per heavy atom. The zero-order chi connectivity index (χ0) is 18.8. The van der Waals surface area contributed by atoms with Crippen molar-refractivity contribution in [2.75, 3.05) is 16.8 Å². The van der Waals surface area contributed by atoms with Crippen LogP contribution in [0, 0.1) is 0 Å². The fourth-order valence-electron chi connectivity index (χ4n) is 3.91. The number of benzene rings is 1. The second kappa shape index (κ2) is 7.42. The Bertz CT molecular complexity index is 841. The monoisotopic (exact) mass is 368 g/mol. The van der Waals surface area contributed by atoms with Crippen molar-refractivity contribution in [2.45, 2.75) is 51.2 Å². The topological polar surface area (TPSA) is 76.5 Å². The van der Waals surface area contributed by atoms with Gasteiger partial charge in [0.1, 0.15) is 11.6 Å². The number of hydrogen-bond donors (Lipinski definition) is 1. The summed E-state index contributed by atoms with van der Waals surface area (Å²) < 4.78 is 7.79. The lowest BCUT2D eigenvalue weighted by Gasteiger charge is -2.33. The summed E-state index contributed by atoms with van der Waals surface area (Å²) in [6.45, 7) is 1.69. The van der Waals surface area contributed by atoms with Gasteiger partial charge in [0.15, 0.2) is 6.10 Å². The highest BCUT2D eigenvalue weighted by molar-refractivity contribution is 5.99. The molecular formula is C20H24N4O3. The number of carbonyl (C=O) groups is 2. The predicted octanol–water partition coefficient (Wildman–Crippen LogP) is 3.14. The van der Waals surface area contributed by atoms with E-state index in [0.29, 0.717) is 23.3 Å². The van der Waals surface area contributed by atoms with Crippen molar-refractivity contribution in [3.05, 3.63) is 36.5 Å². The summed E-state index contributed by atoms with van der Waals surface area (Å²) in [5, 5.41) is 7.36. The predicted molar refractivity (Wildman–Crippen MR) is 102 cm³/mol. The molecular weight excluding hydrogens is 344 g/mol. The van der Waals surface area contributed by atoms with E-state index in [1.165, 1.54) is 26.2 Å². The van der Waals surface area contributed by atoms with Gasteiger partial charge in [-0.3, -0.25) is 9.59 Å². The molecule has 1 aromatic carbocycles. The van der Waals surface area contributed by atoms with E-state index < -0.39 is 6.10 Å². The molecule has 1 N–H and O–H groups in total. The number of nitrogens with zero attached hydrogens (tertiary/aromatic N) is 3. The Balaban J connectivity index is 1.51. The minimum atomic E-state index is -0.765. The molecule has 1 aromatic heterocycles. The maximum absolute atomic E-state index is 12.9. The first kappa shape index (κ1) is 17.6. The third-order valence-electron chi connectivity index (χ3n) is 5.29. The molecule has 1 aliphatic carbocycles. The molecule has 1 aliphatic heterocycles. The van der Waals surface area contributed by atoms with Crippen LogP contribution < -0.4 is 15.0 Å². The van der Waals surface area contributed by atoms with Crippen molar-refractivity contribution in [1.82, 2.24) is 9.78 Å². The number of carbonyl (C=O) groups excluding carboxylic acids is 2. The summed E-state index contributed by atoms with van der Waals surface area (Å²) in [6.07, 6.45) is 6.74. The van der Waals surface area contributed by atoms with Crippen LogP contribution in [-0.2, 0) is 9.59 Å². The summed E-state index contributed by atoms with van der Waals surface area (Å²) in [6, 6.07) is 9.41. The van der Waals surface area contributed by atoms with Crippen molar-refractivity contribution >= 4 is 23.3 Å². The summed E-state index contributed by atoms with van der Waals surface area (Å²) in [7, 11) is 0. The van der Waals surface area contributed by atoms with E-state index in [1.807, 2.05) is 28.9 Å². The van der Waals surface area contributed by atoms with Crippen LogP contribution in [0.2, 0.25) is 0 Å². The molecule has 27 heavy (non-hydrogen) atoms. The minimum Gasteiger partial charge on any atom is -0.476 e. The number of para-hydroxylation sites is 2. The molecule has 0 bridgehead atoms. The Hall–Kier alpha value is -2.83. The highest BCUT2D eigenvalue weighted by Gasteiger charge is 2.33. The van der Waals surface area contributed by atoms with Gasteiger partial charge in [-0.1, -0.05) is 31.4 Å². The van der Waals surface area contributed by atoms with Crippen LogP contribution in [0.15, 0.2) is 36.5 Å². The van der Waals surface area contributed by atoms with Gasteiger partial charge in [0.2, 0.25) is 5.91 Å². The van der Waals surface area contributed by atoms with Gasteiger partial charge in [-0.05, 0) is 25.0 Å². The largest absolute Gasteiger partial charge is 0.476 e. The standard InChI is InChI=1S/C20H24N4O3/c1-14(25)23-13-18(27-17-10-6-5-9-16(17)23)20(26)22-19-11-12-21-24(19)15-7-3-2-4-8-15/h5-6,9-12,15,18H,2-4,7-8,13H2,1H3,(H,22,26)/t18-/m1/s1. The highest BCUT2D eigenvalue weighted by Crippen LogP contribution is 2.34. The van der Waals surface area contributed by atoms with Crippen molar-refractivity contribution in [3.8, 4) is 5.75 Å². The van der Waals surface area contributed by atoms with Gasteiger partial charge in [0, 0.05) is 13.0 Å². The lowest BCUT2D eigenvalue weighted by atomic mass is 9.96. The quantitative estimate of drug-likeness (QED) is 0.903. The van der Waals surface area contributed by atoms with Crippen molar-refractivity contribution < 1.29 is 14.3 Å². The molecule has 1 fully saturated rings. The average molecular weight is 368 g/mol. The molecule has 1 saturated carbocycles. The molecule has 1 atom stereocenters. The van der Waals surface area contributed by atoms with Gasteiger partial charge in [0.05, 0.1) is 24.5 Å². The Labute approximate surface area is 158 Å². The third kappa shape index (κ3) is 3.54. The maximum Gasteiger partial charge on any atom is 0.268 e. The summed E-state index contributed by atoms with van der Waals surface area (Å²) in [5.74, 6) is 0.840. The smallest absolute Gasteiger partial charge is 0.268 e. The third-order valence-corrected chi connectivity index (χ3v) is 5.29. The van der Waals surface area contributed by atoms with Crippen molar-refractivity contribution in [2.24, 2.45) is 0 Å². The maximum atomic E-state index is 12.9. The van der Waals surface area contributed by atoms with E-state index >= 15 is 0 Å². The molecule has 0 spiro atoms. The van der Waals surface area contributed by atoms with E-state index in [2.05, 4.69) is 10.4 Å². The number of fused-ring (bicyclic) bond motifs is 1. The molecule has 7 nitrogen and oxygen atoms in total. The molecule has 4 rings (SSSR count). The van der Waals surface area contributed by atoms with E-state index in [0.717, 1.165) is 12.8 Å². The molecule has 2 aliphatic rings. The van der Waals surface area contributed by atoms with Gasteiger partial charge in [0.25, 0.3) is 5.91 Å². The molecule has 2 heterocycles. The van der Waals surface area contributed by atoms with Crippen LogP contribution in [-0.4, -0.2) is 34.2 Å². The summed E-state index contributed by atoms with van der Waals surface area (Å²) in [4.78, 5) is 26.5. The molecule has 2 aromatic rings. The minimum absolute atomic E-state index is 0.115. The van der Waals surface area contributed by atoms with Crippen molar-refractivity contribution in [3.63, 3.8) is 0 Å².